The Kier molecular flexibility index (Phi) is 4.87. The summed E-state index contributed by atoms with van der Waals surface area (Å²) in [7, 11) is -9.02. The molecule has 3 aromatic carbocycles. The van der Waals surface area contributed by atoms with E-state index in [1.807, 2.05) is 0 Å². The largest absolute Gasteiger partial charge is 0.507 e. The molecule has 4 rings (SSSR count). The number of phenolic OH excluding ortho intramolecular Hbond substituents is 1. The van der Waals surface area contributed by atoms with Crippen molar-refractivity contribution in [3.63, 3.8) is 0 Å². The van der Waals surface area contributed by atoms with E-state index in [0.29, 0.717) is 22.2 Å². The van der Waals surface area contributed by atoms with E-state index in [-0.39, 0.29) is 21.0 Å². The fourth-order valence-electron chi connectivity index (χ4n) is 3.25. The number of phenols is 1. The molecule has 10 nitrogen and oxygen atoms in total. The Balaban J connectivity index is 1.99. The van der Waals surface area contributed by atoms with Crippen molar-refractivity contribution >= 4 is 59.3 Å². The van der Waals surface area contributed by atoms with Gasteiger partial charge < -0.3 is 5.11 Å². The van der Waals surface area contributed by atoms with Crippen LogP contribution in [0.15, 0.2) is 52.3 Å². The van der Waals surface area contributed by atoms with Crippen LogP contribution in [0.1, 0.15) is 5.82 Å². The molecule has 4 aromatic rings. The Morgan fingerprint density at radius 3 is 2.29 bits per heavy atom. The first-order chi connectivity index (χ1) is 14.4. The van der Waals surface area contributed by atoms with Crippen molar-refractivity contribution in [3.8, 4) is 5.75 Å². The second-order valence-corrected chi connectivity index (χ2v) is 9.92. The van der Waals surface area contributed by atoms with Crippen molar-refractivity contribution in [3.05, 3.63) is 53.3 Å². The summed E-state index contributed by atoms with van der Waals surface area (Å²) in [4.78, 5) is 3.53. The molecule has 1 heterocycles. The average Bonchev–Trinajstić information content (AvgIpc) is 2.97. The molecule has 1 aromatic heterocycles. The highest BCUT2D eigenvalue weighted by atomic mass is 35.5. The van der Waals surface area contributed by atoms with Gasteiger partial charge in [0.1, 0.15) is 17.1 Å². The number of aromatic hydroxyl groups is 1. The summed E-state index contributed by atoms with van der Waals surface area (Å²) in [6.07, 6.45) is 0. The second-order valence-electron chi connectivity index (χ2n) is 6.67. The molecule has 162 valence electrons. The number of aryl methyl sites for hydroxylation is 1. The number of benzene rings is 3. The molecule has 0 atom stereocenters. The van der Waals surface area contributed by atoms with E-state index in [2.05, 4.69) is 10.4 Å². The molecule has 31 heavy (non-hydrogen) atoms. The number of hydrogen-bond acceptors (Lipinski definition) is 7. The van der Waals surface area contributed by atoms with Gasteiger partial charge >= 0.3 is 0 Å². The van der Waals surface area contributed by atoms with E-state index in [1.165, 1.54) is 22.9 Å². The molecule has 0 unspecified atom stereocenters. The number of anilines is 1. The van der Waals surface area contributed by atoms with Crippen LogP contribution in [-0.4, -0.2) is 40.7 Å². The van der Waals surface area contributed by atoms with Crippen molar-refractivity contribution in [1.82, 2.24) is 9.66 Å². The van der Waals surface area contributed by atoms with Crippen molar-refractivity contribution in [2.45, 2.75) is 16.7 Å². The van der Waals surface area contributed by atoms with E-state index in [4.69, 9.17) is 11.6 Å². The lowest BCUT2D eigenvalue weighted by atomic mass is 10.1. The molecular weight excluding hydrogens is 470 g/mol. The number of nitrogens with one attached hydrogen (secondary N) is 1. The van der Waals surface area contributed by atoms with Gasteiger partial charge in [-0.05, 0) is 42.6 Å². The minimum Gasteiger partial charge on any atom is -0.507 e. The third-order valence-corrected chi connectivity index (χ3v) is 6.63. The van der Waals surface area contributed by atoms with Crippen LogP contribution >= 0.6 is 11.6 Å². The van der Waals surface area contributed by atoms with Gasteiger partial charge in [-0.1, -0.05) is 17.7 Å². The van der Waals surface area contributed by atoms with E-state index in [1.54, 1.807) is 13.0 Å². The van der Waals surface area contributed by atoms with Gasteiger partial charge in [-0.2, -0.15) is 16.8 Å². The topological polar surface area (TPSA) is 159 Å². The Bertz CT molecular complexity index is 1600. The number of nitrogens with zero attached hydrogens (tertiary/aromatic N) is 2. The van der Waals surface area contributed by atoms with Crippen molar-refractivity contribution in [2.24, 2.45) is 0 Å². The number of rotatable bonds is 4. The standard InChI is InChI=1S/C18H14ClN3O7S2/c1-9-20-14-5-2-10-6-12(31(27,28)29)8-16(23)17(10)18(14)22(9)21-15-7-11(30(24,25)26)3-4-13(15)19/h2-8,21,23H,1H3,(H,24,25,26)(H,27,28,29). The lowest BCUT2D eigenvalue weighted by molar-refractivity contribution is 0.471. The molecule has 0 bridgehead atoms. The summed E-state index contributed by atoms with van der Waals surface area (Å²) in [5.41, 5.74) is 3.83. The molecule has 0 fully saturated rings. The molecule has 0 spiro atoms. The third-order valence-electron chi connectivity index (χ3n) is 4.62. The summed E-state index contributed by atoms with van der Waals surface area (Å²) >= 11 is 6.17. The van der Waals surface area contributed by atoms with E-state index in [9.17, 15) is 31.0 Å². The van der Waals surface area contributed by atoms with Crippen LogP contribution in [0, 0.1) is 6.92 Å². The van der Waals surface area contributed by atoms with Crippen LogP contribution in [0.2, 0.25) is 5.02 Å². The molecule has 0 saturated carbocycles. The van der Waals surface area contributed by atoms with Crippen LogP contribution < -0.4 is 5.43 Å². The van der Waals surface area contributed by atoms with Gasteiger partial charge in [0.05, 0.1) is 31.4 Å². The summed E-state index contributed by atoms with van der Waals surface area (Å²) in [6, 6.07) is 8.79. The molecule has 0 aliphatic heterocycles. The molecule has 0 saturated heterocycles. The van der Waals surface area contributed by atoms with Gasteiger partial charge in [-0.3, -0.25) is 14.5 Å². The normalized spacial score (nSPS) is 12.5. The van der Waals surface area contributed by atoms with Gasteiger partial charge in [0.2, 0.25) is 0 Å². The number of aromatic nitrogens is 2. The fourth-order valence-corrected chi connectivity index (χ4v) is 4.45. The predicted octanol–water partition coefficient (Wildman–Crippen LogP) is 3.23. The molecular formula is C18H14ClN3O7S2. The molecule has 0 aliphatic rings. The van der Waals surface area contributed by atoms with Crippen LogP contribution in [0.3, 0.4) is 0 Å². The quantitative estimate of drug-likeness (QED) is 0.319. The molecule has 0 radical (unpaired) electrons. The number of hydrogen-bond donors (Lipinski definition) is 4. The first kappa shape index (κ1) is 21.3. The van der Waals surface area contributed by atoms with E-state index in [0.717, 1.165) is 18.2 Å². The highest BCUT2D eigenvalue weighted by molar-refractivity contribution is 7.86. The van der Waals surface area contributed by atoms with E-state index >= 15 is 0 Å². The van der Waals surface area contributed by atoms with Crippen LogP contribution in [-0.2, 0) is 20.2 Å². The second kappa shape index (κ2) is 7.07. The summed E-state index contributed by atoms with van der Waals surface area (Å²) in [5.74, 6) is -0.00876. The Morgan fingerprint density at radius 1 is 0.968 bits per heavy atom. The summed E-state index contributed by atoms with van der Waals surface area (Å²) < 4.78 is 66.0. The SMILES string of the molecule is Cc1nc2ccc3cc(S(=O)(=O)O)cc(O)c3c2n1Nc1cc(S(=O)(=O)O)ccc1Cl. The first-order valence-electron chi connectivity index (χ1n) is 8.52. The summed E-state index contributed by atoms with van der Waals surface area (Å²) in [6.45, 7) is 1.64. The maximum absolute atomic E-state index is 11.5. The van der Waals surface area contributed by atoms with Gasteiger partial charge in [0, 0.05) is 6.07 Å². The van der Waals surface area contributed by atoms with Crippen LogP contribution in [0.4, 0.5) is 5.69 Å². The Hall–Kier alpha value is -2.90. The molecule has 0 aliphatic carbocycles. The third kappa shape index (κ3) is 3.79. The first-order valence-corrected chi connectivity index (χ1v) is 11.8. The van der Waals surface area contributed by atoms with Gasteiger partial charge in [0.25, 0.3) is 20.2 Å². The van der Waals surface area contributed by atoms with Gasteiger partial charge in [-0.15, -0.1) is 0 Å². The number of fused-ring (bicyclic) bond motifs is 3. The van der Waals surface area contributed by atoms with Crippen LogP contribution in [0.5, 0.6) is 5.75 Å². The zero-order chi connectivity index (χ0) is 22.7. The molecule has 13 heteroatoms. The molecule has 0 amide bonds. The fraction of sp³-hybridized carbons (Fsp3) is 0.0556. The van der Waals surface area contributed by atoms with E-state index < -0.39 is 30.9 Å². The van der Waals surface area contributed by atoms with Gasteiger partial charge in [0.15, 0.2) is 0 Å². The number of imidazole rings is 1. The highest BCUT2D eigenvalue weighted by Crippen LogP contribution is 2.36. The zero-order valence-corrected chi connectivity index (χ0v) is 18.0. The minimum atomic E-state index is -4.54. The highest BCUT2D eigenvalue weighted by Gasteiger charge is 2.19. The summed E-state index contributed by atoms with van der Waals surface area (Å²) in [5, 5.41) is 11.2. The zero-order valence-electron chi connectivity index (χ0n) is 15.6. The monoisotopic (exact) mass is 483 g/mol. The van der Waals surface area contributed by atoms with Crippen molar-refractivity contribution < 1.29 is 31.0 Å². The number of halogens is 1. The predicted molar refractivity (Wildman–Crippen MR) is 114 cm³/mol. The average molecular weight is 484 g/mol. The van der Waals surface area contributed by atoms with Crippen LogP contribution in [0.25, 0.3) is 21.8 Å². The van der Waals surface area contributed by atoms with Gasteiger partial charge in [-0.25, -0.2) is 9.66 Å². The maximum Gasteiger partial charge on any atom is 0.294 e. The smallest absolute Gasteiger partial charge is 0.294 e. The Labute approximate surface area is 181 Å². The minimum absolute atomic E-state index is 0.130. The van der Waals surface area contributed by atoms with Crippen molar-refractivity contribution in [2.75, 3.05) is 5.43 Å². The lowest BCUT2D eigenvalue weighted by Gasteiger charge is -2.14. The Morgan fingerprint density at radius 2 is 1.65 bits per heavy atom. The van der Waals surface area contributed by atoms with Crippen molar-refractivity contribution in [1.29, 1.82) is 0 Å². The lowest BCUT2D eigenvalue weighted by Crippen LogP contribution is -2.12. The maximum atomic E-state index is 11.5. The molecule has 4 N–H and O–H groups in total.